The van der Waals surface area contributed by atoms with E-state index in [9.17, 15) is 4.79 Å². The highest BCUT2D eigenvalue weighted by Crippen LogP contribution is 2.22. The van der Waals surface area contributed by atoms with Crippen LogP contribution in [0.4, 0.5) is 5.69 Å². The van der Waals surface area contributed by atoms with E-state index in [0.717, 1.165) is 12.1 Å². The van der Waals surface area contributed by atoms with Crippen LogP contribution >= 0.6 is 0 Å². The number of amides is 1. The van der Waals surface area contributed by atoms with Crippen molar-refractivity contribution in [3.05, 3.63) is 17.8 Å². The van der Waals surface area contributed by atoms with Gasteiger partial charge in [0.1, 0.15) is 5.60 Å². The van der Waals surface area contributed by atoms with Gasteiger partial charge in [0, 0.05) is 13.2 Å². The number of nitrogens with one attached hydrogen (secondary N) is 1. The maximum absolute atomic E-state index is 12.3. The molecule has 0 saturated carbocycles. The molecule has 1 aromatic heterocycles. The Hall–Kier alpha value is -1.62. The van der Waals surface area contributed by atoms with Gasteiger partial charge in [-0.25, -0.2) is 4.98 Å². The van der Waals surface area contributed by atoms with E-state index in [2.05, 4.69) is 10.3 Å². The highest BCUT2D eigenvalue weighted by Gasteiger charge is 2.32. The van der Waals surface area contributed by atoms with E-state index in [1.54, 1.807) is 26.2 Å². The molecule has 1 aromatic rings. The van der Waals surface area contributed by atoms with Crippen molar-refractivity contribution >= 4 is 11.6 Å². The van der Waals surface area contributed by atoms with Crippen molar-refractivity contribution in [2.45, 2.75) is 46.1 Å². The van der Waals surface area contributed by atoms with Crippen LogP contribution in [-0.4, -0.2) is 30.2 Å². The van der Waals surface area contributed by atoms with Crippen LogP contribution in [0.2, 0.25) is 0 Å². The van der Waals surface area contributed by atoms with Crippen LogP contribution < -0.4 is 10.1 Å². The molecule has 112 valence electrons. The van der Waals surface area contributed by atoms with Gasteiger partial charge >= 0.3 is 0 Å². The zero-order chi connectivity index (χ0) is 15.2. The van der Waals surface area contributed by atoms with Gasteiger partial charge in [0.15, 0.2) is 0 Å². The number of rotatable bonds is 7. The van der Waals surface area contributed by atoms with Gasteiger partial charge < -0.3 is 14.8 Å². The number of carbonyl (C=O) groups excluding carboxylic acids is 1. The lowest BCUT2D eigenvalue weighted by molar-refractivity contribution is -0.136. The number of pyridine rings is 1. The lowest BCUT2D eigenvalue weighted by Crippen LogP contribution is -2.42. The molecule has 1 rings (SSSR count). The van der Waals surface area contributed by atoms with E-state index in [4.69, 9.17) is 9.47 Å². The van der Waals surface area contributed by atoms with Crippen molar-refractivity contribution in [2.24, 2.45) is 0 Å². The summed E-state index contributed by atoms with van der Waals surface area (Å²) in [5, 5.41) is 2.87. The van der Waals surface area contributed by atoms with Gasteiger partial charge in [-0.1, -0.05) is 13.3 Å². The third-order valence-corrected chi connectivity index (χ3v) is 3.26. The Morgan fingerprint density at radius 3 is 2.60 bits per heavy atom. The zero-order valence-electron chi connectivity index (χ0n) is 12.9. The SMILES string of the molecule is CCC[C@@](C)(OC)C(=O)Nc1ccc(OCC)nc1C. The number of carbonyl (C=O) groups is 1. The second-order valence-corrected chi connectivity index (χ2v) is 4.85. The lowest BCUT2D eigenvalue weighted by atomic mass is 9.99. The normalized spacial score (nSPS) is 13.7. The molecule has 0 radical (unpaired) electrons. The van der Waals surface area contributed by atoms with Crippen LogP contribution in [0.1, 0.15) is 39.3 Å². The minimum absolute atomic E-state index is 0.157. The maximum atomic E-state index is 12.3. The summed E-state index contributed by atoms with van der Waals surface area (Å²) in [5.41, 5.74) is 0.580. The topological polar surface area (TPSA) is 60.5 Å². The first kappa shape index (κ1) is 16.4. The van der Waals surface area contributed by atoms with E-state index in [-0.39, 0.29) is 5.91 Å². The molecule has 0 bridgehead atoms. The van der Waals surface area contributed by atoms with Gasteiger partial charge in [-0.15, -0.1) is 0 Å². The van der Waals surface area contributed by atoms with Crippen LogP contribution in [0, 0.1) is 6.92 Å². The summed E-state index contributed by atoms with van der Waals surface area (Å²) >= 11 is 0. The minimum Gasteiger partial charge on any atom is -0.478 e. The fourth-order valence-electron chi connectivity index (χ4n) is 1.94. The summed E-state index contributed by atoms with van der Waals surface area (Å²) in [6.45, 7) is 8.12. The molecule has 0 aliphatic carbocycles. The van der Waals surface area contributed by atoms with Crippen molar-refractivity contribution < 1.29 is 14.3 Å². The molecular formula is C15H24N2O3. The second kappa shape index (κ2) is 7.24. The summed E-state index contributed by atoms with van der Waals surface area (Å²) in [6, 6.07) is 3.54. The number of nitrogens with zero attached hydrogens (tertiary/aromatic N) is 1. The van der Waals surface area contributed by atoms with Gasteiger partial charge in [0.25, 0.3) is 5.91 Å². The first-order chi connectivity index (χ1) is 9.46. The minimum atomic E-state index is -0.820. The van der Waals surface area contributed by atoms with Gasteiger partial charge in [0.05, 0.1) is 18.0 Å². The summed E-state index contributed by atoms with van der Waals surface area (Å²) in [7, 11) is 1.55. The van der Waals surface area contributed by atoms with Crippen molar-refractivity contribution in [3.8, 4) is 5.88 Å². The Morgan fingerprint density at radius 2 is 2.10 bits per heavy atom. The van der Waals surface area contributed by atoms with Gasteiger partial charge in [-0.2, -0.15) is 0 Å². The van der Waals surface area contributed by atoms with Gasteiger partial charge in [-0.3, -0.25) is 4.79 Å². The number of methoxy groups -OCH3 is 1. The molecule has 0 aliphatic heterocycles. The Bertz CT molecular complexity index is 462. The third-order valence-electron chi connectivity index (χ3n) is 3.26. The van der Waals surface area contributed by atoms with Crippen LogP contribution in [0.5, 0.6) is 5.88 Å². The van der Waals surface area contributed by atoms with Crippen LogP contribution in [0.3, 0.4) is 0 Å². The first-order valence-electron chi connectivity index (χ1n) is 6.93. The number of hydrogen-bond acceptors (Lipinski definition) is 4. The number of aromatic nitrogens is 1. The Morgan fingerprint density at radius 1 is 1.40 bits per heavy atom. The van der Waals surface area contributed by atoms with Gasteiger partial charge in [0.2, 0.25) is 5.88 Å². The highest BCUT2D eigenvalue weighted by molar-refractivity contribution is 5.97. The second-order valence-electron chi connectivity index (χ2n) is 4.85. The number of aryl methyl sites for hydroxylation is 1. The molecule has 0 aromatic carbocycles. The smallest absolute Gasteiger partial charge is 0.256 e. The molecule has 0 fully saturated rings. The fourth-order valence-corrected chi connectivity index (χ4v) is 1.94. The van der Waals surface area contributed by atoms with E-state index in [0.29, 0.717) is 24.6 Å². The molecule has 5 heteroatoms. The molecular weight excluding hydrogens is 256 g/mol. The molecule has 1 N–H and O–H groups in total. The zero-order valence-corrected chi connectivity index (χ0v) is 12.9. The fraction of sp³-hybridized carbons (Fsp3) is 0.600. The van der Waals surface area contributed by atoms with E-state index < -0.39 is 5.60 Å². The standard InChI is InChI=1S/C15H24N2O3/c1-6-10-15(4,19-5)14(18)17-12-8-9-13(20-7-2)16-11(12)3/h8-9H,6-7,10H2,1-5H3,(H,17,18)/t15-/m1/s1. The monoisotopic (exact) mass is 280 g/mol. The molecule has 0 saturated heterocycles. The predicted octanol–water partition coefficient (Wildman–Crippen LogP) is 2.93. The molecule has 20 heavy (non-hydrogen) atoms. The molecule has 5 nitrogen and oxygen atoms in total. The largest absolute Gasteiger partial charge is 0.478 e. The Balaban J connectivity index is 2.85. The summed E-state index contributed by atoms with van der Waals surface area (Å²) in [4.78, 5) is 16.6. The van der Waals surface area contributed by atoms with E-state index in [1.165, 1.54) is 0 Å². The summed E-state index contributed by atoms with van der Waals surface area (Å²) in [6.07, 6.45) is 1.54. The van der Waals surface area contributed by atoms with Crippen molar-refractivity contribution in [1.29, 1.82) is 0 Å². The van der Waals surface area contributed by atoms with Crippen LogP contribution in [-0.2, 0) is 9.53 Å². The van der Waals surface area contributed by atoms with Crippen molar-refractivity contribution in [1.82, 2.24) is 4.98 Å². The number of anilines is 1. The van der Waals surface area contributed by atoms with E-state index in [1.807, 2.05) is 20.8 Å². The average Bonchev–Trinajstić information content (AvgIpc) is 2.42. The maximum Gasteiger partial charge on any atom is 0.256 e. The van der Waals surface area contributed by atoms with Crippen molar-refractivity contribution in [2.75, 3.05) is 19.0 Å². The number of hydrogen-bond donors (Lipinski definition) is 1. The molecule has 0 spiro atoms. The molecule has 0 aliphatic rings. The Labute approximate surface area is 120 Å². The molecule has 1 heterocycles. The van der Waals surface area contributed by atoms with Crippen LogP contribution in [0.25, 0.3) is 0 Å². The molecule has 1 amide bonds. The van der Waals surface area contributed by atoms with Crippen molar-refractivity contribution in [3.63, 3.8) is 0 Å². The quantitative estimate of drug-likeness (QED) is 0.834. The summed E-state index contributed by atoms with van der Waals surface area (Å²) < 4.78 is 10.7. The average molecular weight is 280 g/mol. The van der Waals surface area contributed by atoms with Crippen LogP contribution in [0.15, 0.2) is 12.1 Å². The molecule has 1 atom stereocenters. The third kappa shape index (κ3) is 3.93. The van der Waals surface area contributed by atoms with E-state index >= 15 is 0 Å². The summed E-state index contributed by atoms with van der Waals surface area (Å²) in [5.74, 6) is 0.405. The first-order valence-corrected chi connectivity index (χ1v) is 6.93. The highest BCUT2D eigenvalue weighted by atomic mass is 16.5. The lowest BCUT2D eigenvalue weighted by Gasteiger charge is -2.26. The Kier molecular flexibility index (Phi) is 5.95. The van der Waals surface area contributed by atoms with Gasteiger partial charge in [-0.05, 0) is 33.3 Å². The number of ether oxygens (including phenoxy) is 2. The molecule has 0 unspecified atom stereocenters. The predicted molar refractivity (Wildman–Crippen MR) is 79.1 cm³/mol.